The first-order valence-corrected chi connectivity index (χ1v) is 4.99. The van der Waals surface area contributed by atoms with Crippen molar-refractivity contribution in [2.75, 3.05) is 6.61 Å². The van der Waals surface area contributed by atoms with Gasteiger partial charge in [0, 0.05) is 13.0 Å². The van der Waals surface area contributed by atoms with Crippen LogP contribution in [0.25, 0.3) is 5.69 Å². The molecule has 1 aromatic heterocycles. The summed E-state index contributed by atoms with van der Waals surface area (Å²) in [4.78, 5) is 0. The van der Waals surface area contributed by atoms with E-state index < -0.39 is 0 Å². The number of aliphatic hydroxyl groups is 1. The minimum Gasteiger partial charge on any atom is -0.396 e. The minimum absolute atomic E-state index is 0.00900. The molecule has 0 saturated carbocycles. The number of benzene rings is 1. The molecule has 16 heavy (non-hydrogen) atoms. The molecule has 1 heterocycles. The molecule has 84 valence electrons. The lowest BCUT2D eigenvalue weighted by atomic mass is 10.2. The van der Waals surface area contributed by atoms with Gasteiger partial charge in [0.1, 0.15) is 11.5 Å². The Labute approximate surface area is 92.3 Å². The molecular weight excluding hydrogens is 209 g/mol. The van der Waals surface area contributed by atoms with Crippen LogP contribution in [0.4, 0.5) is 4.39 Å². The van der Waals surface area contributed by atoms with Crippen LogP contribution >= 0.6 is 0 Å². The normalized spacial score (nSPS) is 10.7. The molecule has 0 atom stereocenters. The van der Waals surface area contributed by atoms with Gasteiger partial charge in [0.25, 0.3) is 0 Å². The van der Waals surface area contributed by atoms with Gasteiger partial charge in [-0.1, -0.05) is 11.3 Å². The van der Waals surface area contributed by atoms with Crippen LogP contribution in [0.3, 0.4) is 0 Å². The first-order chi connectivity index (χ1) is 7.70. The quantitative estimate of drug-likeness (QED) is 0.848. The fourth-order valence-electron chi connectivity index (χ4n) is 1.44. The summed E-state index contributed by atoms with van der Waals surface area (Å²) >= 11 is 0. The number of aryl methyl sites for hydroxylation is 1. The summed E-state index contributed by atoms with van der Waals surface area (Å²) in [6.07, 6.45) is 2.04. The van der Waals surface area contributed by atoms with Gasteiger partial charge in [0.15, 0.2) is 0 Å². The summed E-state index contributed by atoms with van der Waals surface area (Å²) in [5.41, 5.74) is 1.86. The molecule has 2 aromatic rings. The summed E-state index contributed by atoms with van der Waals surface area (Å²) in [6.45, 7) is 1.83. The topological polar surface area (TPSA) is 50.9 Å². The second kappa shape index (κ2) is 4.40. The summed E-state index contributed by atoms with van der Waals surface area (Å²) in [5.74, 6) is -0.333. The van der Waals surface area contributed by atoms with Gasteiger partial charge < -0.3 is 5.11 Å². The standard InChI is InChI=1S/C11H12FN3O/c1-8-2-3-11(10(12)6-8)15-7-9(4-5-16)13-14-15/h2-3,6-7,16H,4-5H2,1H3. The summed E-state index contributed by atoms with van der Waals surface area (Å²) in [7, 11) is 0. The zero-order chi connectivity index (χ0) is 11.5. The molecule has 0 saturated heterocycles. The zero-order valence-corrected chi connectivity index (χ0v) is 8.89. The Bertz CT molecular complexity index is 496. The van der Waals surface area contributed by atoms with Crippen molar-refractivity contribution in [2.45, 2.75) is 13.3 Å². The van der Waals surface area contributed by atoms with Crippen molar-refractivity contribution in [1.29, 1.82) is 0 Å². The van der Waals surface area contributed by atoms with E-state index in [0.29, 0.717) is 17.8 Å². The Morgan fingerprint density at radius 1 is 1.44 bits per heavy atom. The van der Waals surface area contributed by atoms with E-state index in [1.54, 1.807) is 12.3 Å². The fourth-order valence-corrected chi connectivity index (χ4v) is 1.44. The predicted octanol–water partition coefficient (Wildman–Crippen LogP) is 1.25. The van der Waals surface area contributed by atoms with E-state index in [0.717, 1.165) is 5.56 Å². The SMILES string of the molecule is Cc1ccc(-n2cc(CCO)nn2)c(F)c1. The maximum atomic E-state index is 13.6. The molecule has 1 aromatic carbocycles. The Balaban J connectivity index is 2.35. The van der Waals surface area contributed by atoms with Crippen LogP contribution in [0.5, 0.6) is 0 Å². The molecule has 0 aliphatic heterocycles. The maximum Gasteiger partial charge on any atom is 0.149 e. The number of halogens is 1. The number of hydrogen-bond donors (Lipinski definition) is 1. The largest absolute Gasteiger partial charge is 0.396 e. The highest BCUT2D eigenvalue weighted by Gasteiger charge is 2.07. The van der Waals surface area contributed by atoms with Gasteiger partial charge in [0.05, 0.1) is 11.9 Å². The number of aliphatic hydroxyl groups excluding tert-OH is 1. The van der Waals surface area contributed by atoms with Crippen molar-refractivity contribution >= 4 is 0 Å². The van der Waals surface area contributed by atoms with Gasteiger partial charge >= 0.3 is 0 Å². The highest BCUT2D eigenvalue weighted by molar-refractivity contribution is 5.35. The number of hydrogen-bond acceptors (Lipinski definition) is 3. The zero-order valence-electron chi connectivity index (χ0n) is 8.89. The first-order valence-electron chi connectivity index (χ1n) is 4.99. The van der Waals surface area contributed by atoms with Crippen LogP contribution < -0.4 is 0 Å². The van der Waals surface area contributed by atoms with Gasteiger partial charge in [-0.05, 0) is 24.6 Å². The average molecular weight is 221 g/mol. The van der Waals surface area contributed by atoms with Crippen molar-refractivity contribution in [3.8, 4) is 5.69 Å². The molecule has 1 N–H and O–H groups in total. The van der Waals surface area contributed by atoms with E-state index in [9.17, 15) is 4.39 Å². The second-order valence-electron chi connectivity index (χ2n) is 3.58. The summed E-state index contributed by atoms with van der Waals surface area (Å²) in [5, 5.41) is 16.4. The van der Waals surface area contributed by atoms with Crippen LogP contribution in [0.15, 0.2) is 24.4 Å². The van der Waals surface area contributed by atoms with Crippen molar-refractivity contribution in [1.82, 2.24) is 15.0 Å². The maximum absolute atomic E-state index is 13.6. The molecule has 0 bridgehead atoms. The van der Waals surface area contributed by atoms with Crippen molar-refractivity contribution in [3.05, 3.63) is 41.5 Å². The van der Waals surface area contributed by atoms with E-state index in [1.807, 2.05) is 13.0 Å². The second-order valence-corrected chi connectivity index (χ2v) is 3.58. The Hall–Kier alpha value is -1.75. The number of nitrogens with zero attached hydrogens (tertiary/aromatic N) is 3. The molecule has 0 aliphatic rings. The Kier molecular flexibility index (Phi) is 2.96. The van der Waals surface area contributed by atoms with Crippen LogP contribution in [0.2, 0.25) is 0 Å². The van der Waals surface area contributed by atoms with E-state index in [2.05, 4.69) is 10.3 Å². The summed E-state index contributed by atoms with van der Waals surface area (Å²) in [6, 6.07) is 4.91. The molecule has 5 heteroatoms. The van der Waals surface area contributed by atoms with Crippen molar-refractivity contribution < 1.29 is 9.50 Å². The molecular formula is C11H12FN3O. The monoisotopic (exact) mass is 221 g/mol. The van der Waals surface area contributed by atoms with Gasteiger partial charge in [-0.2, -0.15) is 0 Å². The predicted molar refractivity (Wildman–Crippen MR) is 56.8 cm³/mol. The van der Waals surface area contributed by atoms with E-state index in [-0.39, 0.29) is 12.4 Å². The Morgan fingerprint density at radius 2 is 2.25 bits per heavy atom. The fraction of sp³-hybridized carbons (Fsp3) is 0.273. The third-order valence-corrected chi connectivity index (χ3v) is 2.26. The molecule has 4 nitrogen and oxygen atoms in total. The van der Waals surface area contributed by atoms with Crippen molar-refractivity contribution in [3.63, 3.8) is 0 Å². The van der Waals surface area contributed by atoms with E-state index >= 15 is 0 Å². The van der Waals surface area contributed by atoms with Crippen LogP contribution in [0, 0.1) is 12.7 Å². The number of rotatable bonds is 3. The lowest BCUT2D eigenvalue weighted by molar-refractivity contribution is 0.298. The highest BCUT2D eigenvalue weighted by Crippen LogP contribution is 2.14. The molecule has 0 unspecified atom stereocenters. The number of aromatic nitrogens is 3. The van der Waals surface area contributed by atoms with E-state index in [4.69, 9.17) is 5.11 Å². The molecule has 2 rings (SSSR count). The highest BCUT2D eigenvalue weighted by atomic mass is 19.1. The average Bonchev–Trinajstić information content (AvgIpc) is 2.67. The van der Waals surface area contributed by atoms with Crippen LogP contribution in [-0.2, 0) is 6.42 Å². The minimum atomic E-state index is -0.333. The van der Waals surface area contributed by atoms with Crippen LogP contribution in [0.1, 0.15) is 11.3 Å². The van der Waals surface area contributed by atoms with Gasteiger partial charge in [0.2, 0.25) is 0 Å². The van der Waals surface area contributed by atoms with E-state index in [1.165, 1.54) is 10.7 Å². The summed E-state index contributed by atoms with van der Waals surface area (Å²) < 4.78 is 15.0. The van der Waals surface area contributed by atoms with Gasteiger partial charge in [-0.25, -0.2) is 9.07 Å². The lowest BCUT2D eigenvalue weighted by Crippen LogP contribution is -1.98. The third-order valence-electron chi connectivity index (χ3n) is 2.26. The third kappa shape index (κ3) is 2.09. The Morgan fingerprint density at radius 3 is 2.94 bits per heavy atom. The lowest BCUT2D eigenvalue weighted by Gasteiger charge is -2.02. The van der Waals surface area contributed by atoms with Gasteiger partial charge in [-0.3, -0.25) is 0 Å². The molecule has 0 radical (unpaired) electrons. The first kappa shape index (κ1) is 10.8. The molecule has 0 aliphatic carbocycles. The van der Waals surface area contributed by atoms with Gasteiger partial charge in [-0.15, -0.1) is 5.10 Å². The molecule has 0 spiro atoms. The van der Waals surface area contributed by atoms with Crippen LogP contribution in [-0.4, -0.2) is 26.7 Å². The molecule has 0 fully saturated rings. The molecule has 0 amide bonds. The smallest absolute Gasteiger partial charge is 0.149 e. The van der Waals surface area contributed by atoms with Crippen molar-refractivity contribution in [2.24, 2.45) is 0 Å².